The van der Waals surface area contributed by atoms with Gasteiger partial charge < -0.3 is 5.11 Å². The van der Waals surface area contributed by atoms with Gasteiger partial charge in [0.2, 0.25) is 0 Å². The van der Waals surface area contributed by atoms with Crippen LogP contribution in [0.1, 0.15) is 19.5 Å². The molecule has 1 N–H and O–H groups in total. The Bertz CT molecular complexity index is 243. The Hall–Kier alpha value is -1.26. The first kappa shape index (κ1) is 11.7. The maximum absolute atomic E-state index is 11.8. The Balaban J connectivity index is 0.000000671. The van der Waals surface area contributed by atoms with E-state index in [0.717, 1.165) is 18.3 Å². The maximum atomic E-state index is 11.8. The molecule has 1 aromatic heterocycles. The topological polar surface area (TPSA) is 33.1 Å². The smallest absolute Gasteiger partial charge is 0.433 e. The molecule has 74 valence electrons. The van der Waals surface area contributed by atoms with Crippen molar-refractivity contribution in [1.82, 2.24) is 4.98 Å². The van der Waals surface area contributed by atoms with Crippen LogP contribution in [0.5, 0.6) is 5.75 Å². The highest BCUT2D eigenvalue weighted by atomic mass is 19.4. The van der Waals surface area contributed by atoms with Crippen LogP contribution in [-0.2, 0) is 6.18 Å². The van der Waals surface area contributed by atoms with Crippen molar-refractivity contribution in [2.75, 3.05) is 0 Å². The number of pyridine rings is 1. The Kier molecular flexibility index (Phi) is 4.23. The average molecular weight is 193 g/mol. The molecule has 0 aliphatic heterocycles. The summed E-state index contributed by atoms with van der Waals surface area (Å²) in [6.45, 7) is 4.00. The van der Waals surface area contributed by atoms with E-state index in [0.29, 0.717) is 0 Å². The Labute approximate surface area is 74.0 Å². The largest absolute Gasteiger partial charge is 0.506 e. The van der Waals surface area contributed by atoms with E-state index in [9.17, 15) is 13.2 Å². The standard InChI is InChI=1S/C6H4F3NO.C2H6/c7-6(8,9)5-2-1-4(11)3-10-5;1-2/h1-3,11H;1-2H3. The molecule has 0 spiro atoms. The van der Waals surface area contributed by atoms with Crippen molar-refractivity contribution in [2.24, 2.45) is 0 Å². The Morgan fingerprint density at radius 3 is 2.08 bits per heavy atom. The van der Waals surface area contributed by atoms with Gasteiger partial charge in [0.05, 0.1) is 6.20 Å². The van der Waals surface area contributed by atoms with Gasteiger partial charge in [-0.2, -0.15) is 13.2 Å². The number of hydrogen-bond donors (Lipinski definition) is 1. The molecule has 0 aliphatic rings. The maximum Gasteiger partial charge on any atom is 0.433 e. The molecule has 2 nitrogen and oxygen atoms in total. The molecule has 1 rings (SSSR count). The molecule has 0 aliphatic carbocycles. The van der Waals surface area contributed by atoms with Crippen molar-refractivity contribution in [1.29, 1.82) is 0 Å². The van der Waals surface area contributed by atoms with Crippen LogP contribution in [-0.4, -0.2) is 10.1 Å². The zero-order valence-electron chi connectivity index (χ0n) is 7.26. The minimum atomic E-state index is -4.44. The monoisotopic (exact) mass is 193 g/mol. The first-order chi connectivity index (χ1) is 6.00. The number of nitrogens with zero attached hydrogens (tertiary/aromatic N) is 1. The summed E-state index contributed by atoms with van der Waals surface area (Å²) in [4.78, 5) is 2.97. The molecule has 0 bridgehead atoms. The van der Waals surface area contributed by atoms with Crippen LogP contribution in [0.25, 0.3) is 0 Å². The van der Waals surface area contributed by atoms with Crippen LogP contribution >= 0.6 is 0 Å². The van der Waals surface area contributed by atoms with E-state index >= 15 is 0 Å². The van der Waals surface area contributed by atoms with Gasteiger partial charge in [0.1, 0.15) is 11.4 Å². The van der Waals surface area contributed by atoms with Gasteiger partial charge >= 0.3 is 6.18 Å². The summed E-state index contributed by atoms with van der Waals surface area (Å²) in [5.41, 5.74) is -1.00. The molecular weight excluding hydrogens is 183 g/mol. The van der Waals surface area contributed by atoms with E-state index in [-0.39, 0.29) is 5.75 Å². The van der Waals surface area contributed by atoms with Gasteiger partial charge in [-0.3, -0.25) is 0 Å². The fourth-order valence-electron chi connectivity index (χ4n) is 0.554. The van der Waals surface area contributed by atoms with Crippen LogP contribution in [0.4, 0.5) is 13.2 Å². The van der Waals surface area contributed by atoms with Crippen LogP contribution in [0.3, 0.4) is 0 Å². The fraction of sp³-hybridized carbons (Fsp3) is 0.375. The average Bonchev–Trinajstić information content (AvgIpc) is 2.07. The number of aromatic nitrogens is 1. The van der Waals surface area contributed by atoms with Gasteiger partial charge in [-0.25, -0.2) is 4.98 Å². The summed E-state index contributed by atoms with van der Waals surface area (Å²) in [5.74, 6) is -0.280. The lowest BCUT2D eigenvalue weighted by molar-refractivity contribution is -0.141. The number of alkyl halides is 3. The lowest BCUT2D eigenvalue weighted by Crippen LogP contribution is -2.06. The molecule has 0 amide bonds. The highest BCUT2D eigenvalue weighted by Crippen LogP contribution is 2.27. The van der Waals surface area contributed by atoms with E-state index in [1.165, 1.54) is 0 Å². The van der Waals surface area contributed by atoms with Gasteiger partial charge in [-0.05, 0) is 12.1 Å². The Morgan fingerprint density at radius 2 is 1.77 bits per heavy atom. The number of aromatic hydroxyl groups is 1. The van der Waals surface area contributed by atoms with Crippen LogP contribution in [0.2, 0.25) is 0 Å². The zero-order chi connectivity index (χ0) is 10.5. The second kappa shape index (κ2) is 4.69. The minimum Gasteiger partial charge on any atom is -0.506 e. The molecule has 0 aromatic carbocycles. The third kappa shape index (κ3) is 3.78. The molecule has 1 aromatic rings. The van der Waals surface area contributed by atoms with E-state index in [1.54, 1.807) is 0 Å². The van der Waals surface area contributed by atoms with Gasteiger partial charge in [-0.1, -0.05) is 13.8 Å². The first-order valence-corrected chi connectivity index (χ1v) is 3.72. The normalized spacial score (nSPS) is 10.2. The zero-order valence-corrected chi connectivity index (χ0v) is 7.26. The molecule has 0 saturated carbocycles. The fourth-order valence-corrected chi connectivity index (χ4v) is 0.554. The van der Waals surface area contributed by atoms with Crippen molar-refractivity contribution in [3.63, 3.8) is 0 Å². The van der Waals surface area contributed by atoms with Gasteiger partial charge in [0.25, 0.3) is 0 Å². The summed E-state index contributed by atoms with van der Waals surface area (Å²) in [7, 11) is 0. The second-order valence-corrected chi connectivity index (χ2v) is 1.90. The van der Waals surface area contributed by atoms with Crippen molar-refractivity contribution < 1.29 is 18.3 Å². The summed E-state index contributed by atoms with van der Waals surface area (Å²) in [5, 5.41) is 8.59. The highest BCUT2D eigenvalue weighted by molar-refractivity contribution is 5.19. The van der Waals surface area contributed by atoms with Gasteiger partial charge in [0.15, 0.2) is 0 Å². The third-order valence-corrected chi connectivity index (χ3v) is 1.04. The van der Waals surface area contributed by atoms with E-state index < -0.39 is 11.9 Å². The Morgan fingerprint density at radius 1 is 1.23 bits per heavy atom. The van der Waals surface area contributed by atoms with Crippen LogP contribution in [0.15, 0.2) is 18.3 Å². The predicted octanol–water partition coefficient (Wildman–Crippen LogP) is 2.83. The molecule has 0 atom stereocenters. The summed E-state index contributed by atoms with van der Waals surface area (Å²) in [6, 6.07) is 1.66. The van der Waals surface area contributed by atoms with E-state index in [2.05, 4.69) is 4.98 Å². The van der Waals surface area contributed by atoms with Crippen molar-refractivity contribution in [2.45, 2.75) is 20.0 Å². The van der Waals surface area contributed by atoms with E-state index in [4.69, 9.17) is 5.11 Å². The first-order valence-electron chi connectivity index (χ1n) is 3.72. The highest BCUT2D eigenvalue weighted by Gasteiger charge is 2.31. The minimum absolute atomic E-state index is 0.280. The van der Waals surface area contributed by atoms with Crippen LogP contribution in [0, 0.1) is 0 Å². The molecular formula is C8H10F3NO. The van der Waals surface area contributed by atoms with E-state index in [1.807, 2.05) is 13.8 Å². The van der Waals surface area contributed by atoms with Crippen molar-refractivity contribution in [3.05, 3.63) is 24.0 Å². The van der Waals surface area contributed by atoms with Gasteiger partial charge in [-0.15, -0.1) is 0 Å². The van der Waals surface area contributed by atoms with Crippen LogP contribution < -0.4 is 0 Å². The molecule has 1 heterocycles. The molecule has 0 radical (unpaired) electrons. The van der Waals surface area contributed by atoms with Crippen molar-refractivity contribution in [3.8, 4) is 5.75 Å². The number of rotatable bonds is 0. The summed E-state index contributed by atoms with van der Waals surface area (Å²) < 4.78 is 35.3. The number of hydrogen-bond acceptors (Lipinski definition) is 2. The second-order valence-electron chi connectivity index (χ2n) is 1.90. The SMILES string of the molecule is CC.Oc1ccc(C(F)(F)F)nc1. The van der Waals surface area contributed by atoms with Gasteiger partial charge in [0, 0.05) is 0 Å². The third-order valence-electron chi connectivity index (χ3n) is 1.04. The number of halogens is 3. The summed E-state index contributed by atoms with van der Waals surface area (Å²) >= 11 is 0. The quantitative estimate of drug-likeness (QED) is 0.687. The molecule has 0 fully saturated rings. The molecule has 13 heavy (non-hydrogen) atoms. The lowest BCUT2D eigenvalue weighted by Gasteiger charge is -2.03. The van der Waals surface area contributed by atoms with Crippen molar-refractivity contribution >= 4 is 0 Å². The predicted molar refractivity (Wildman–Crippen MR) is 42.3 cm³/mol. The summed E-state index contributed by atoms with van der Waals surface area (Å²) in [6.07, 6.45) is -3.68. The molecule has 5 heteroatoms. The molecule has 0 saturated heterocycles. The lowest BCUT2D eigenvalue weighted by atomic mass is 10.3. The molecule has 0 unspecified atom stereocenters.